The van der Waals surface area contributed by atoms with Gasteiger partial charge in [0, 0.05) is 18.6 Å². The quantitative estimate of drug-likeness (QED) is 0.503. The Morgan fingerprint density at radius 2 is 2.08 bits per heavy atom. The average Bonchev–Trinajstić information content (AvgIpc) is 1.96. The van der Waals surface area contributed by atoms with Crippen molar-refractivity contribution >= 4 is 10.1 Å². The zero-order chi connectivity index (χ0) is 10.1. The third-order valence-corrected chi connectivity index (χ3v) is 2.51. The third-order valence-electron chi connectivity index (χ3n) is 1.91. The molecule has 5 heteroatoms. The standard InChI is InChI=1S/C8H11NO3S/c1-7-4-3-5-9(8(7)2)6-13(10,11)12/h3-5H,6H2,1-2H3. The highest BCUT2D eigenvalue weighted by atomic mass is 32.2. The Hall–Kier alpha value is -0.940. The molecule has 1 aromatic rings. The second kappa shape index (κ2) is 3.43. The van der Waals surface area contributed by atoms with Gasteiger partial charge in [0.15, 0.2) is 22.0 Å². The molecule has 1 heterocycles. The van der Waals surface area contributed by atoms with E-state index in [1.54, 1.807) is 19.2 Å². The molecule has 0 fully saturated rings. The molecule has 0 aliphatic rings. The number of nitrogens with zero attached hydrogens (tertiary/aromatic N) is 1. The van der Waals surface area contributed by atoms with E-state index < -0.39 is 16.0 Å². The summed E-state index contributed by atoms with van der Waals surface area (Å²) in [6.45, 7) is 3.64. The molecule has 1 aromatic heterocycles. The molecule has 1 rings (SSSR count). The van der Waals surface area contributed by atoms with Gasteiger partial charge < -0.3 is 4.55 Å². The van der Waals surface area contributed by atoms with Crippen LogP contribution in [0.5, 0.6) is 0 Å². The number of hydrogen-bond acceptors (Lipinski definition) is 3. The number of aryl methyl sites for hydroxylation is 1. The van der Waals surface area contributed by atoms with Crippen molar-refractivity contribution in [1.29, 1.82) is 0 Å². The fraction of sp³-hybridized carbons (Fsp3) is 0.375. The predicted molar refractivity (Wildman–Crippen MR) is 45.8 cm³/mol. The molecule has 0 aliphatic carbocycles. The zero-order valence-corrected chi connectivity index (χ0v) is 8.34. The summed E-state index contributed by atoms with van der Waals surface area (Å²) in [7, 11) is -4.20. The second-order valence-corrected chi connectivity index (χ2v) is 4.31. The fourth-order valence-electron chi connectivity index (χ4n) is 1.06. The van der Waals surface area contributed by atoms with E-state index in [-0.39, 0.29) is 0 Å². The van der Waals surface area contributed by atoms with E-state index in [0.29, 0.717) is 0 Å². The summed E-state index contributed by atoms with van der Waals surface area (Å²) in [4.78, 5) is 0. The molecule has 0 N–H and O–H groups in total. The summed E-state index contributed by atoms with van der Waals surface area (Å²) in [6, 6.07) is 3.58. The van der Waals surface area contributed by atoms with E-state index in [0.717, 1.165) is 11.3 Å². The molecular weight excluding hydrogens is 190 g/mol. The Morgan fingerprint density at radius 3 is 2.62 bits per heavy atom. The first-order valence-corrected chi connectivity index (χ1v) is 5.37. The van der Waals surface area contributed by atoms with Crippen molar-refractivity contribution in [2.24, 2.45) is 0 Å². The van der Waals surface area contributed by atoms with Gasteiger partial charge in [-0.3, -0.25) is 0 Å². The summed E-state index contributed by atoms with van der Waals surface area (Å²) in [5, 5.41) is 0. The van der Waals surface area contributed by atoms with Gasteiger partial charge in [0.2, 0.25) is 5.88 Å². The van der Waals surface area contributed by atoms with Crippen LogP contribution in [-0.2, 0) is 16.0 Å². The SMILES string of the molecule is Cc1ccc[n+](CS(=O)(=O)[O-])c1C. The summed E-state index contributed by atoms with van der Waals surface area (Å²) >= 11 is 0. The average molecular weight is 201 g/mol. The number of hydrogen-bond donors (Lipinski definition) is 0. The zero-order valence-electron chi connectivity index (χ0n) is 7.52. The summed E-state index contributed by atoms with van der Waals surface area (Å²) in [5.74, 6) is -0.499. The van der Waals surface area contributed by atoms with Crippen molar-refractivity contribution < 1.29 is 17.5 Å². The smallest absolute Gasteiger partial charge is 0.236 e. The normalized spacial score (nSPS) is 11.6. The molecular formula is C8H11NO3S. The van der Waals surface area contributed by atoms with E-state index >= 15 is 0 Å². The van der Waals surface area contributed by atoms with Crippen LogP contribution in [0.3, 0.4) is 0 Å². The van der Waals surface area contributed by atoms with Gasteiger partial charge in [-0.15, -0.1) is 0 Å². The van der Waals surface area contributed by atoms with Gasteiger partial charge in [-0.1, -0.05) is 0 Å². The van der Waals surface area contributed by atoms with Crippen LogP contribution in [0.4, 0.5) is 0 Å². The maximum absolute atomic E-state index is 10.5. The lowest BCUT2D eigenvalue weighted by Crippen LogP contribution is -2.40. The highest BCUT2D eigenvalue weighted by Gasteiger charge is 2.10. The van der Waals surface area contributed by atoms with E-state index in [2.05, 4.69) is 0 Å². The second-order valence-electron chi connectivity index (χ2n) is 2.93. The predicted octanol–water partition coefficient (Wildman–Crippen LogP) is 0.0936. The maximum atomic E-state index is 10.5. The first kappa shape index (κ1) is 10.1. The minimum atomic E-state index is -4.20. The number of aromatic nitrogens is 1. The lowest BCUT2D eigenvalue weighted by atomic mass is 10.2. The van der Waals surface area contributed by atoms with Crippen molar-refractivity contribution in [1.82, 2.24) is 0 Å². The van der Waals surface area contributed by atoms with Crippen LogP contribution in [-0.4, -0.2) is 13.0 Å². The molecule has 0 spiro atoms. The Kier molecular flexibility index (Phi) is 2.68. The minimum absolute atomic E-state index is 0.499. The molecule has 0 bridgehead atoms. The molecule has 72 valence electrons. The third kappa shape index (κ3) is 2.78. The van der Waals surface area contributed by atoms with E-state index in [9.17, 15) is 13.0 Å². The lowest BCUT2D eigenvalue weighted by Gasteiger charge is -2.05. The van der Waals surface area contributed by atoms with Crippen LogP contribution in [0, 0.1) is 13.8 Å². The van der Waals surface area contributed by atoms with Gasteiger partial charge in [0.05, 0.1) is 0 Å². The first-order chi connectivity index (χ1) is 5.90. The topological polar surface area (TPSA) is 61.1 Å². The Bertz CT molecular complexity index is 411. The summed E-state index contributed by atoms with van der Waals surface area (Å²) < 4.78 is 32.9. The summed E-state index contributed by atoms with van der Waals surface area (Å²) in [5.41, 5.74) is 1.76. The largest absolute Gasteiger partial charge is 0.743 e. The Morgan fingerprint density at radius 1 is 1.46 bits per heavy atom. The molecule has 0 unspecified atom stereocenters. The minimum Gasteiger partial charge on any atom is -0.743 e. The van der Waals surface area contributed by atoms with Crippen molar-refractivity contribution in [2.75, 3.05) is 0 Å². The molecule has 0 aliphatic heterocycles. The first-order valence-electron chi connectivity index (χ1n) is 3.79. The van der Waals surface area contributed by atoms with Crippen LogP contribution >= 0.6 is 0 Å². The van der Waals surface area contributed by atoms with E-state index in [1.807, 2.05) is 13.0 Å². The molecule has 0 aromatic carbocycles. The van der Waals surface area contributed by atoms with Gasteiger partial charge in [-0.25, -0.2) is 8.42 Å². The number of pyridine rings is 1. The molecule has 0 amide bonds. The van der Waals surface area contributed by atoms with Gasteiger partial charge in [-0.2, -0.15) is 4.57 Å². The van der Waals surface area contributed by atoms with Crippen molar-refractivity contribution in [3.05, 3.63) is 29.6 Å². The van der Waals surface area contributed by atoms with Gasteiger partial charge in [0.1, 0.15) is 0 Å². The van der Waals surface area contributed by atoms with Gasteiger partial charge in [0.25, 0.3) is 0 Å². The van der Waals surface area contributed by atoms with Crippen LogP contribution in [0.1, 0.15) is 11.3 Å². The highest BCUT2D eigenvalue weighted by molar-refractivity contribution is 7.84. The van der Waals surface area contributed by atoms with Crippen molar-refractivity contribution in [3.63, 3.8) is 0 Å². The Balaban J connectivity index is 3.10. The fourth-order valence-corrected chi connectivity index (χ4v) is 1.68. The van der Waals surface area contributed by atoms with Crippen molar-refractivity contribution in [3.8, 4) is 0 Å². The molecule has 0 radical (unpaired) electrons. The van der Waals surface area contributed by atoms with E-state index in [1.165, 1.54) is 4.57 Å². The van der Waals surface area contributed by atoms with Crippen LogP contribution in [0.25, 0.3) is 0 Å². The molecule has 13 heavy (non-hydrogen) atoms. The lowest BCUT2D eigenvalue weighted by molar-refractivity contribution is -0.684. The van der Waals surface area contributed by atoms with Crippen molar-refractivity contribution in [2.45, 2.75) is 19.7 Å². The van der Waals surface area contributed by atoms with E-state index in [4.69, 9.17) is 0 Å². The molecule has 4 nitrogen and oxygen atoms in total. The molecule has 0 saturated heterocycles. The van der Waals surface area contributed by atoms with Crippen LogP contribution < -0.4 is 4.57 Å². The van der Waals surface area contributed by atoms with Gasteiger partial charge in [-0.05, 0) is 13.0 Å². The molecule has 0 saturated carbocycles. The highest BCUT2D eigenvalue weighted by Crippen LogP contribution is 1.99. The summed E-state index contributed by atoms with van der Waals surface area (Å²) in [6.07, 6.45) is 1.58. The Labute approximate surface area is 77.6 Å². The van der Waals surface area contributed by atoms with Gasteiger partial charge >= 0.3 is 0 Å². The monoisotopic (exact) mass is 201 g/mol. The van der Waals surface area contributed by atoms with Crippen LogP contribution in [0.15, 0.2) is 18.3 Å². The van der Waals surface area contributed by atoms with Crippen LogP contribution in [0.2, 0.25) is 0 Å². The maximum Gasteiger partial charge on any atom is 0.236 e. The number of rotatable bonds is 2. The molecule has 0 atom stereocenters.